The molecule has 4 rings (SSSR count). The summed E-state index contributed by atoms with van der Waals surface area (Å²) in [4.78, 5) is 28.5. The van der Waals surface area contributed by atoms with Gasteiger partial charge in [-0.25, -0.2) is 8.42 Å². The van der Waals surface area contributed by atoms with Gasteiger partial charge < -0.3 is 19.7 Å². The first-order chi connectivity index (χ1) is 17.6. The minimum atomic E-state index is -3.61. The minimum Gasteiger partial charge on any atom is -0.495 e. The van der Waals surface area contributed by atoms with Crippen molar-refractivity contribution in [1.29, 1.82) is 0 Å². The summed E-state index contributed by atoms with van der Waals surface area (Å²) in [6, 6.07) is 9.30. The van der Waals surface area contributed by atoms with Gasteiger partial charge in [-0.1, -0.05) is 29.3 Å². The Kier molecular flexibility index (Phi) is 8.30. The first-order valence-corrected chi connectivity index (χ1v) is 14.1. The van der Waals surface area contributed by atoms with Crippen LogP contribution in [0, 0.1) is 12.8 Å². The van der Waals surface area contributed by atoms with Crippen LogP contribution in [-0.4, -0.2) is 69.3 Å². The second-order valence-corrected chi connectivity index (χ2v) is 11.7. The maximum atomic E-state index is 13.4. The summed E-state index contributed by atoms with van der Waals surface area (Å²) in [5, 5.41) is 3.17. The number of benzene rings is 2. The van der Waals surface area contributed by atoms with Crippen LogP contribution in [0.3, 0.4) is 0 Å². The summed E-state index contributed by atoms with van der Waals surface area (Å²) in [7, 11) is -0.638. The largest absolute Gasteiger partial charge is 0.495 e. The predicted octanol–water partition coefficient (Wildman–Crippen LogP) is 3.70. The number of rotatable bonds is 7. The third kappa shape index (κ3) is 5.71. The van der Waals surface area contributed by atoms with E-state index < -0.39 is 16.1 Å². The van der Waals surface area contributed by atoms with Crippen molar-refractivity contribution in [1.82, 2.24) is 9.21 Å². The molecule has 2 fully saturated rings. The van der Waals surface area contributed by atoms with Crippen molar-refractivity contribution in [2.24, 2.45) is 5.92 Å². The van der Waals surface area contributed by atoms with Crippen LogP contribution in [0.5, 0.6) is 11.5 Å². The van der Waals surface area contributed by atoms with E-state index in [1.54, 1.807) is 41.3 Å². The highest BCUT2D eigenvalue weighted by atomic mass is 35.5. The highest BCUT2D eigenvalue weighted by Crippen LogP contribution is 2.36. The van der Waals surface area contributed by atoms with Gasteiger partial charge in [0.05, 0.1) is 29.8 Å². The summed E-state index contributed by atoms with van der Waals surface area (Å²) < 4.78 is 38.0. The molecule has 2 heterocycles. The molecule has 0 saturated carbocycles. The Hall–Kier alpha value is -2.82. The third-order valence-corrected chi connectivity index (χ3v) is 9.24. The molecular weight excluding hydrogens is 518 g/mol. The number of hydrogen-bond acceptors (Lipinski definition) is 6. The molecule has 2 saturated heterocycles. The molecule has 1 unspecified atom stereocenters. The average Bonchev–Trinajstić information content (AvgIpc) is 3.39. The lowest BCUT2D eigenvalue weighted by molar-refractivity contribution is -0.141. The SMILES string of the molecule is COc1cc(OC)c(NC(=O)C2CCCN2C(=O)C2CCN(S(=O)(=O)c3ccc(C)cc3)CC2)cc1Cl. The monoisotopic (exact) mass is 549 g/mol. The van der Waals surface area contributed by atoms with Gasteiger partial charge in [0.25, 0.3) is 0 Å². The second-order valence-electron chi connectivity index (χ2n) is 9.36. The molecule has 2 aliphatic heterocycles. The number of ether oxygens (including phenoxy) is 2. The normalized spacial score (nSPS) is 19.0. The number of sulfonamides is 1. The number of nitrogens with zero attached hydrogens (tertiary/aromatic N) is 2. The van der Waals surface area contributed by atoms with Crippen molar-refractivity contribution in [2.45, 2.75) is 43.5 Å². The van der Waals surface area contributed by atoms with Gasteiger partial charge in [-0.2, -0.15) is 4.31 Å². The molecule has 1 atom stereocenters. The standard InChI is InChI=1S/C26H32ClN3O6S/c1-17-6-8-19(9-7-17)37(33,34)29-13-10-18(11-14-29)26(32)30-12-4-5-22(30)25(31)28-21-15-20(27)23(35-2)16-24(21)36-3/h6-9,15-16,18,22H,4-5,10-14H2,1-3H3,(H,28,31). The number of carbonyl (C=O) groups excluding carboxylic acids is 2. The van der Waals surface area contributed by atoms with Crippen LogP contribution in [0.4, 0.5) is 5.69 Å². The number of piperidine rings is 1. The Labute approximate surface area is 222 Å². The Morgan fingerprint density at radius 1 is 0.973 bits per heavy atom. The summed E-state index contributed by atoms with van der Waals surface area (Å²) >= 11 is 6.23. The fraction of sp³-hybridized carbons (Fsp3) is 0.462. The lowest BCUT2D eigenvalue weighted by atomic mass is 9.96. The first-order valence-electron chi connectivity index (χ1n) is 12.3. The van der Waals surface area contributed by atoms with Gasteiger partial charge in [0.2, 0.25) is 21.8 Å². The van der Waals surface area contributed by atoms with Crippen LogP contribution in [0.25, 0.3) is 0 Å². The van der Waals surface area contributed by atoms with Gasteiger partial charge in [0.1, 0.15) is 17.5 Å². The molecule has 2 aromatic carbocycles. The van der Waals surface area contributed by atoms with Crippen molar-refractivity contribution in [2.75, 3.05) is 39.2 Å². The third-order valence-electron chi connectivity index (χ3n) is 7.03. The number of aryl methyl sites for hydroxylation is 1. The van der Waals surface area contributed by atoms with Gasteiger partial charge in [0, 0.05) is 31.6 Å². The molecule has 2 aliphatic rings. The molecule has 0 bridgehead atoms. The number of amides is 2. The second kappa shape index (κ2) is 11.3. The van der Waals surface area contributed by atoms with Gasteiger partial charge in [-0.3, -0.25) is 9.59 Å². The molecule has 0 spiro atoms. The molecule has 1 N–H and O–H groups in total. The molecule has 2 aromatic rings. The highest BCUT2D eigenvalue weighted by molar-refractivity contribution is 7.89. The zero-order valence-corrected chi connectivity index (χ0v) is 22.8. The number of methoxy groups -OCH3 is 2. The van der Waals surface area contributed by atoms with Crippen molar-refractivity contribution in [3.8, 4) is 11.5 Å². The van der Waals surface area contributed by atoms with E-state index in [1.807, 2.05) is 6.92 Å². The summed E-state index contributed by atoms with van der Waals surface area (Å²) in [6.07, 6.45) is 2.09. The molecule has 0 aromatic heterocycles. The van der Waals surface area contributed by atoms with Gasteiger partial charge in [-0.05, 0) is 50.8 Å². The Bertz CT molecular complexity index is 1260. The molecular formula is C26H32ClN3O6S. The molecule has 0 aliphatic carbocycles. The van der Waals surface area contributed by atoms with Crippen LogP contribution >= 0.6 is 11.6 Å². The van der Waals surface area contributed by atoms with E-state index in [2.05, 4.69) is 5.32 Å². The van der Waals surface area contributed by atoms with Gasteiger partial charge in [0.15, 0.2) is 0 Å². The van der Waals surface area contributed by atoms with Crippen LogP contribution in [0.15, 0.2) is 41.3 Å². The van der Waals surface area contributed by atoms with E-state index >= 15 is 0 Å². The van der Waals surface area contributed by atoms with E-state index in [-0.39, 0.29) is 35.7 Å². The lowest BCUT2D eigenvalue weighted by Crippen LogP contribution is -2.48. The number of carbonyl (C=O) groups is 2. The van der Waals surface area contributed by atoms with E-state index in [0.29, 0.717) is 54.4 Å². The molecule has 11 heteroatoms. The molecule has 2 amide bonds. The fourth-order valence-electron chi connectivity index (χ4n) is 4.91. The lowest BCUT2D eigenvalue weighted by Gasteiger charge is -2.34. The summed E-state index contributed by atoms with van der Waals surface area (Å²) in [6.45, 7) is 2.92. The Morgan fingerprint density at radius 3 is 2.24 bits per heavy atom. The summed E-state index contributed by atoms with van der Waals surface area (Å²) in [5.74, 6) is 0.0647. The average molecular weight is 550 g/mol. The fourth-order valence-corrected chi connectivity index (χ4v) is 6.62. The van der Waals surface area contributed by atoms with E-state index in [4.69, 9.17) is 21.1 Å². The first kappa shape index (κ1) is 27.2. The van der Waals surface area contributed by atoms with Gasteiger partial charge >= 0.3 is 0 Å². The number of hydrogen-bond donors (Lipinski definition) is 1. The van der Waals surface area contributed by atoms with Crippen LogP contribution in [0.1, 0.15) is 31.2 Å². The van der Waals surface area contributed by atoms with Crippen molar-refractivity contribution in [3.63, 3.8) is 0 Å². The smallest absolute Gasteiger partial charge is 0.247 e. The molecule has 9 nitrogen and oxygen atoms in total. The van der Waals surface area contributed by atoms with Gasteiger partial charge in [-0.15, -0.1) is 0 Å². The zero-order chi connectivity index (χ0) is 26.7. The zero-order valence-electron chi connectivity index (χ0n) is 21.2. The van der Waals surface area contributed by atoms with Crippen LogP contribution < -0.4 is 14.8 Å². The van der Waals surface area contributed by atoms with Crippen LogP contribution in [-0.2, 0) is 19.6 Å². The summed E-state index contributed by atoms with van der Waals surface area (Å²) in [5.41, 5.74) is 1.38. The predicted molar refractivity (Wildman–Crippen MR) is 141 cm³/mol. The van der Waals surface area contributed by atoms with E-state index in [0.717, 1.165) is 5.56 Å². The van der Waals surface area contributed by atoms with Crippen molar-refractivity contribution < 1.29 is 27.5 Å². The van der Waals surface area contributed by atoms with Crippen LogP contribution in [0.2, 0.25) is 5.02 Å². The quantitative estimate of drug-likeness (QED) is 0.564. The van der Waals surface area contributed by atoms with Crippen molar-refractivity contribution in [3.05, 3.63) is 47.0 Å². The number of likely N-dealkylation sites (tertiary alicyclic amines) is 1. The number of anilines is 1. The molecule has 200 valence electrons. The van der Waals surface area contributed by atoms with E-state index in [9.17, 15) is 18.0 Å². The molecule has 0 radical (unpaired) electrons. The number of halogens is 1. The maximum Gasteiger partial charge on any atom is 0.247 e. The number of nitrogens with one attached hydrogen (secondary N) is 1. The highest BCUT2D eigenvalue weighted by Gasteiger charge is 2.39. The Balaban J connectivity index is 1.40. The maximum absolute atomic E-state index is 13.4. The van der Waals surface area contributed by atoms with Crippen molar-refractivity contribution >= 4 is 39.1 Å². The molecule has 37 heavy (non-hydrogen) atoms. The topological polar surface area (TPSA) is 105 Å². The Morgan fingerprint density at radius 2 is 1.62 bits per heavy atom. The van der Waals surface area contributed by atoms with E-state index in [1.165, 1.54) is 18.5 Å². The minimum absolute atomic E-state index is 0.107.